The maximum absolute atomic E-state index is 13.6. The molecule has 8 nitrogen and oxygen atoms in total. The molecule has 0 saturated carbocycles. The maximum atomic E-state index is 13.6. The molecule has 0 aliphatic carbocycles. The van der Waals surface area contributed by atoms with Crippen LogP contribution in [-0.4, -0.2) is 47.5 Å². The summed E-state index contributed by atoms with van der Waals surface area (Å²) in [6.45, 7) is 2.50. The Balaban J connectivity index is 1.82. The topological polar surface area (TPSA) is 81.7 Å². The van der Waals surface area contributed by atoms with Gasteiger partial charge in [-0.2, -0.15) is 0 Å². The number of fused-ring (bicyclic) bond motifs is 1. The first-order valence-electron chi connectivity index (χ1n) is 14.5. The average Bonchev–Trinajstić information content (AvgIpc) is 2.97. The molecule has 0 amide bonds. The molecular weight excluding hydrogens is 512 g/mol. The lowest BCUT2D eigenvalue weighted by Gasteiger charge is -2.30. The number of hydrogen-bond acceptors (Lipinski definition) is 8. The summed E-state index contributed by atoms with van der Waals surface area (Å²) in [6.07, 6.45) is 11.5. The van der Waals surface area contributed by atoms with Crippen LogP contribution in [0.5, 0.6) is 23.0 Å². The van der Waals surface area contributed by atoms with E-state index in [1.807, 2.05) is 24.3 Å². The fourth-order valence-corrected chi connectivity index (χ4v) is 4.93. The van der Waals surface area contributed by atoms with Gasteiger partial charge in [-0.05, 0) is 30.5 Å². The van der Waals surface area contributed by atoms with E-state index in [4.69, 9.17) is 33.2 Å². The largest absolute Gasteiger partial charge is 0.484 e. The fourth-order valence-electron chi connectivity index (χ4n) is 4.93. The molecule has 8 heteroatoms. The number of hydrogen-bond donors (Lipinski definition) is 0. The van der Waals surface area contributed by atoms with Crippen LogP contribution < -0.4 is 18.9 Å². The van der Waals surface area contributed by atoms with E-state index < -0.39 is 6.10 Å². The van der Waals surface area contributed by atoms with Crippen molar-refractivity contribution in [2.45, 2.75) is 83.7 Å². The Morgan fingerprint density at radius 3 is 1.95 bits per heavy atom. The molecule has 0 fully saturated rings. The summed E-state index contributed by atoms with van der Waals surface area (Å²) in [5.41, 5.74) is 2.21. The van der Waals surface area contributed by atoms with Crippen molar-refractivity contribution in [2.24, 2.45) is 0 Å². The van der Waals surface area contributed by atoms with Gasteiger partial charge in [0.15, 0.2) is 26.2 Å². The molecule has 2 aromatic rings. The van der Waals surface area contributed by atoms with Gasteiger partial charge in [0.2, 0.25) is 0 Å². The lowest BCUT2D eigenvalue weighted by atomic mass is 9.91. The molecule has 0 saturated heterocycles. The van der Waals surface area contributed by atoms with Gasteiger partial charge in [0.05, 0.1) is 6.42 Å². The second-order valence-corrected chi connectivity index (χ2v) is 10.1. The molecule has 1 unspecified atom stereocenters. The van der Waals surface area contributed by atoms with Crippen molar-refractivity contribution >= 4 is 5.78 Å². The zero-order chi connectivity index (χ0) is 28.6. The molecule has 0 bridgehead atoms. The van der Waals surface area contributed by atoms with E-state index in [2.05, 4.69) is 6.92 Å². The number of ketones is 1. The highest BCUT2D eigenvalue weighted by Gasteiger charge is 2.34. The molecular formula is C32H46O8. The van der Waals surface area contributed by atoms with Crippen molar-refractivity contribution in [1.29, 1.82) is 0 Å². The van der Waals surface area contributed by atoms with E-state index in [0.29, 0.717) is 28.6 Å². The number of ether oxygens (including phenoxy) is 7. The molecule has 2 aromatic carbocycles. The summed E-state index contributed by atoms with van der Waals surface area (Å²) in [5.74, 6) is 2.17. The van der Waals surface area contributed by atoms with Crippen LogP contribution in [0.25, 0.3) is 0 Å². The molecule has 1 atom stereocenters. The maximum Gasteiger partial charge on any atom is 0.188 e. The first-order chi connectivity index (χ1) is 19.6. The van der Waals surface area contributed by atoms with Crippen molar-refractivity contribution in [3.05, 3.63) is 47.0 Å². The number of rotatable bonds is 20. The van der Waals surface area contributed by atoms with E-state index >= 15 is 0 Å². The first-order valence-corrected chi connectivity index (χ1v) is 14.5. The Kier molecular flexibility index (Phi) is 14.1. The number of unbranched alkanes of at least 4 members (excludes halogenated alkanes) is 8. The normalized spacial score (nSPS) is 14.5. The molecule has 1 aliphatic rings. The predicted octanol–water partition coefficient (Wildman–Crippen LogP) is 7.41. The highest BCUT2D eigenvalue weighted by Crippen LogP contribution is 2.47. The van der Waals surface area contributed by atoms with Gasteiger partial charge in [-0.15, -0.1) is 0 Å². The van der Waals surface area contributed by atoms with Gasteiger partial charge in [-0.3, -0.25) is 4.79 Å². The van der Waals surface area contributed by atoms with Gasteiger partial charge in [-0.25, -0.2) is 0 Å². The quantitative estimate of drug-likeness (QED) is 0.123. The highest BCUT2D eigenvalue weighted by atomic mass is 16.7. The van der Waals surface area contributed by atoms with Gasteiger partial charge >= 0.3 is 0 Å². The predicted molar refractivity (Wildman–Crippen MR) is 154 cm³/mol. The monoisotopic (exact) mass is 558 g/mol. The van der Waals surface area contributed by atoms with Gasteiger partial charge in [0, 0.05) is 33.0 Å². The molecule has 3 rings (SSSR count). The van der Waals surface area contributed by atoms with Crippen LogP contribution in [-0.2, 0) is 20.6 Å². The van der Waals surface area contributed by atoms with Crippen LogP contribution in [0.3, 0.4) is 0 Å². The zero-order valence-electron chi connectivity index (χ0n) is 24.6. The van der Waals surface area contributed by atoms with Gasteiger partial charge in [-0.1, -0.05) is 70.4 Å². The van der Waals surface area contributed by atoms with Crippen LogP contribution >= 0.6 is 0 Å². The lowest BCUT2D eigenvalue weighted by Crippen LogP contribution is -2.23. The van der Waals surface area contributed by atoms with E-state index in [0.717, 1.165) is 30.4 Å². The summed E-state index contributed by atoms with van der Waals surface area (Å²) in [5, 5.41) is 0. The second kappa shape index (κ2) is 17.8. The first kappa shape index (κ1) is 31.7. The number of methoxy groups -OCH3 is 3. The number of carbonyl (C=O) groups excluding carboxylic acids is 1. The average molecular weight is 559 g/mol. The van der Waals surface area contributed by atoms with Crippen molar-refractivity contribution < 1.29 is 38.0 Å². The Labute approximate surface area is 239 Å². The number of carbonyl (C=O) groups is 1. The molecule has 0 N–H and O–H groups in total. The molecule has 1 heterocycles. The third-order valence-corrected chi connectivity index (χ3v) is 7.01. The van der Waals surface area contributed by atoms with E-state index in [-0.39, 0.29) is 32.6 Å². The summed E-state index contributed by atoms with van der Waals surface area (Å²) < 4.78 is 39.2. The molecule has 1 aliphatic heterocycles. The molecule has 0 aromatic heterocycles. The molecule has 222 valence electrons. The van der Waals surface area contributed by atoms with Gasteiger partial charge in [0.1, 0.15) is 34.7 Å². The lowest BCUT2D eigenvalue weighted by molar-refractivity contribution is 0.0433. The Morgan fingerprint density at radius 1 is 0.750 bits per heavy atom. The molecule has 40 heavy (non-hydrogen) atoms. The highest BCUT2D eigenvalue weighted by molar-refractivity contribution is 6.03. The number of Topliss-reactive ketones (excluding diaryl/α,β-unsaturated/α-hetero) is 1. The smallest absolute Gasteiger partial charge is 0.188 e. The Hall–Kier alpha value is -2.81. The molecule has 0 radical (unpaired) electrons. The Bertz CT molecular complexity index is 1020. The SMILES string of the molecule is CCCCCCCCCCCc1c(OCOC)cc(OCOC)c2c1OC(c1ccc(OCOC)cc1)CC2=O. The van der Waals surface area contributed by atoms with Crippen molar-refractivity contribution in [1.82, 2.24) is 0 Å². The molecule has 0 spiro atoms. The standard InChI is InChI=1S/C32H46O8/c1-5-6-7-8-9-10-11-12-13-14-26-29(38-22-35-3)20-30(39-23-36-4)31-27(33)19-28(40-32(26)31)24-15-17-25(18-16-24)37-21-34-2/h15-18,20,28H,5-14,19,21-23H2,1-4H3. The zero-order valence-corrected chi connectivity index (χ0v) is 24.6. The number of benzene rings is 2. The van der Waals surface area contributed by atoms with E-state index in [9.17, 15) is 4.79 Å². The third-order valence-electron chi connectivity index (χ3n) is 7.01. The summed E-state index contributed by atoms with van der Waals surface area (Å²) in [6, 6.07) is 9.31. The van der Waals surface area contributed by atoms with Crippen LogP contribution in [0.4, 0.5) is 0 Å². The van der Waals surface area contributed by atoms with Crippen LogP contribution in [0.15, 0.2) is 30.3 Å². The minimum atomic E-state index is -0.439. The van der Waals surface area contributed by atoms with E-state index in [1.165, 1.54) is 44.9 Å². The van der Waals surface area contributed by atoms with Gasteiger partial charge in [0.25, 0.3) is 0 Å². The van der Waals surface area contributed by atoms with Crippen molar-refractivity contribution in [3.63, 3.8) is 0 Å². The minimum Gasteiger partial charge on any atom is -0.484 e. The fraction of sp³-hybridized carbons (Fsp3) is 0.594. The van der Waals surface area contributed by atoms with Gasteiger partial charge < -0.3 is 33.2 Å². The van der Waals surface area contributed by atoms with Crippen LogP contribution in [0.1, 0.15) is 98.7 Å². The summed E-state index contributed by atoms with van der Waals surface area (Å²) >= 11 is 0. The third kappa shape index (κ3) is 9.39. The minimum absolute atomic E-state index is 0.00735. The van der Waals surface area contributed by atoms with Crippen molar-refractivity contribution in [2.75, 3.05) is 41.7 Å². The van der Waals surface area contributed by atoms with Crippen LogP contribution in [0.2, 0.25) is 0 Å². The summed E-state index contributed by atoms with van der Waals surface area (Å²) in [7, 11) is 4.70. The van der Waals surface area contributed by atoms with Crippen LogP contribution in [0, 0.1) is 0 Å². The van der Waals surface area contributed by atoms with E-state index in [1.54, 1.807) is 27.4 Å². The second-order valence-electron chi connectivity index (χ2n) is 10.1. The van der Waals surface area contributed by atoms with Crippen molar-refractivity contribution in [3.8, 4) is 23.0 Å². The Morgan fingerprint density at radius 2 is 1.32 bits per heavy atom. The summed E-state index contributed by atoms with van der Waals surface area (Å²) in [4.78, 5) is 13.6.